The van der Waals surface area contributed by atoms with Crippen LogP contribution in [0.2, 0.25) is 0 Å². The third-order valence-corrected chi connectivity index (χ3v) is 8.45. The molecule has 2 amide bonds. The Kier molecular flexibility index (Phi) is 7.13. The summed E-state index contributed by atoms with van der Waals surface area (Å²) in [6.45, 7) is 2.80. The standard InChI is InChI=1S/C24H31N3O4S/c28-22(17-26-13-11-19-7-4-5-10-21(19)16-26)15-25-24(29)27-12-6-14-32(30,31)23(18-27)20-8-2-1-3-9-20/h1-5,7-10,22-23,28H,6,11-18H2,(H,25,29)/t22-,23?/m0/s1. The molecule has 2 aliphatic rings. The number of nitrogens with zero attached hydrogens (tertiary/aromatic N) is 2. The predicted octanol–water partition coefficient (Wildman–Crippen LogP) is 1.98. The number of β-amino-alcohol motifs (C(OH)–C–C–N with tert-alkyl or cyclic N) is 1. The molecular weight excluding hydrogens is 426 g/mol. The van der Waals surface area contributed by atoms with Crippen LogP contribution in [0.1, 0.15) is 28.4 Å². The summed E-state index contributed by atoms with van der Waals surface area (Å²) in [5.41, 5.74) is 3.35. The second kappa shape index (κ2) is 10.0. The third kappa shape index (κ3) is 5.49. The SMILES string of the molecule is O=C(NC[C@H](O)CN1CCc2ccccc2C1)N1CCCS(=O)(=O)C(c2ccccc2)C1. The molecule has 1 fully saturated rings. The predicted molar refractivity (Wildman–Crippen MR) is 124 cm³/mol. The van der Waals surface area contributed by atoms with Crippen molar-refractivity contribution in [2.45, 2.75) is 30.7 Å². The summed E-state index contributed by atoms with van der Waals surface area (Å²) >= 11 is 0. The summed E-state index contributed by atoms with van der Waals surface area (Å²) in [7, 11) is -3.33. The van der Waals surface area contributed by atoms with Gasteiger partial charge in [0.1, 0.15) is 5.25 Å². The van der Waals surface area contributed by atoms with Gasteiger partial charge in [0.25, 0.3) is 0 Å². The van der Waals surface area contributed by atoms with E-state index in [0.29, 0.717) is 25.1 Å². The van der Waals surface area contributed by atoms with E-state index in [1.807, 2.05) is 24.3 Å². The normalized spacial score (nSPS) is 21.9. The Labute approximate surface area is 190 Å². The van der Waals surface area contributed by atoms with Crippen molar-refractivity contribution in [1.82, 2.24) is 15.1 Å². The number of sulfone groups is 1. The number of aliphatic hydroxyl groups is 1. The van der Waals surface area contributed by atoms with Gasteiger partial charge in [0, 0.05) is 39.3 Å². The first-order valence-electron chi connectivity index (χ1n) is 11.2. The zero-order valence-electron chi connectivity index (χ0n) is 18.2. The van der Waals surface area contributed by atoms with Gasteiger partial charge in [-0.05, 0) is 29.5 Å². The fourth-order valence-corrected chi connectivity index (χ4v) is 6.35. The average Bonchev–Trinajstić information content (AvgIpc) is 2.96. The van der Waals surface area contributed by atoms with E-state index in [4.69, 9.17) is 0 Å². The van der Waals surface area contributed by atoms with E-state index in [0.717, 1.165) is 19.5 Å². The smallest absolute Gasteiger partial charge is 0.317 e. The second-order valence-corrected chi connectivity index (χ2v) is 11.0. The Morgan fingerprint density at radius 1 is 1.06 bits per heavy atom. The monoisotopic (exact) mass is 457 g/mol. The Morgan fingerprint density at radius 3 is 2.56 bits per heavy atom. The van der Waals surface area contributed by atoms with E-state index in [2.05, 4.69) is 28.4 Å². The number of amides is 2. The maximum atomic E-state index is 12.8. The number of benzene rings is 2. The molecule has 2 aromatic carbocycles. The van der Waals surface area contributed by atoms with E-state index >= 15 is 0 Å². The first-order chi connectivity index (χ1) is 15.4. The molecule has 8 heteroatoms. The Morgan fingerprint density at radius 2 is 1.78 bits per heavy atom. The first-order valence-corrected chi connectivity index (χ1v) is 12.9. The minimum absolute atomic E-state index is 0.0649. The molecule has 2 N–H and O–H groups in total. The molecule has 0 aromatic heterocycles. The van der Waals surface area contributed by atoms with Gasteiger partial charge in [-0.1, -0.05) is 54.6 Å². The number of rotatable bonds is 5. The number of hydrogen-bond donors (Lipinski definition) is 2. The molecular formula is C24H31N3O4S. The number of urea groups is 1. The fraction of sp³-hybridized carbons (Fsp3) is 0.458. The quantitative estimate of drug-likeness (QED) is 0.717. The highest BCUT2D eigenvalue weighted by Crippen LogP contribution is 2.27. The van der Waals surface area contributed by atoms with Gasteiger partial charge in [0.05, 0.1) is 11.9 Å². The van der Waals surface area contributed by atoms with Gasteiger partial charge in [-0.15, -0.1) is 0 Å². The molecule has 2 aromatic rings. The molecule has 0 spiro atoms. The lowest BCUT2D eigenvalue weighted by molar-refractivity contribution is 0.103. The number of carbonyl (C=O) groups excluding carboxylic acids is 1. The number of aliphatic hydroxyl groups excluding tert-OH is 1. The number of nitrogens with one attached hydrogen (secondary N) is 1. The summed E-state index contributed by atoms with van der Waals surface area (Å²) in [5.74, 6) is 0.0649. The lowest BCUT2D eigenvalue weighted by Gasteiger charge is -2.30. The van der Waals surface area contributed by atoms with Crippen LogP contribution >= 0.6 is 0 Å². The lowest BCUT2D eigenvalue weighted by Crippen LogP contribution is -2.47. The van der Waals surface area contributed by atoms with Gasteiger partial charge < -0.3 is 15.3 Å². The zero-order chi connectivity index (χ0) is 22.6. The van der Waals surface area contributed by atoms with Gasteiger partial charge in [0.15, 0.2) is 9.84 Å². The minimum Gasteiger partial charge on any atom is -0.390 e. The fourth-order valence-electron chi connectivity index (χ4n) is 4.56. The third-order valence-electron chi connectivity index (χ3n) is 6.30. The van der Waals surface area contributed by atoms with Crippen molar-refractivity contribution in [3.8, 4) is 0 Å². The Bertz CT molecular complexity index is 1030. The van der Waals surface area contributed by atoms with E-state index in [1.165, 1.54) is 11.1 Å². The summed E-state index contributed by atoms with van der Waals surface area (Å²) in [6.07, 6.45) is 0.678. The van der Waals surface area contributed by atoms with Crippen molar-refractivity contribution in [2.75, 3.05) is 38.5 Å². The summed E-state index contributed by atoms with van der Waals surface area (Å²) in [6, 6.07) is 17.1. The van der Waals surface area contributed by atoms with E-state index in [-0.39, 0.29) is 24.9 Å². The highest BCUT2D eigenvalue weighted by atomic mass is 32.2. The number of carbonyl (C=O) groups is 1. The second-order valence-electron chi connectivity index (χ2n) is 8.66. The van der Waals surface area contributed by atoms with Gasteiger partial charge in [-0.3, -0.25) is 4.90 Å². The summed E-state index contributed by atoms with van der Waals surface area (Å²) in [4.78, 5) is 16.6. The van der Waals surface area contributed by atoms with Crippen LogP contribution in [0, 0.1) is 0 Å². The Hall–Kier alpha value is -2.42. The van der Waals surface area contributed by atoms with E-state index in [9.17, 15) is 18.3 Å². The van der Waals surface area contributed by atoms with Crippen LogP contribution in [0.25, 0.3) is 0 Å². The maximum absolute atomic E-state index is 12.8. The molecule has 2 heterocycles. The van der Waals surface area contributed by atoms with Crippen molar-refractivity contribution in [3.63, 3.8) is 0 Å². The molecule has 7 nitrogen and oxygen atoms in total. The summed E-state index contributed by atoms with van der Waals surface area (Å²) in [5, 5.41) is 12.6. The topological polar surface area (TPSA) is 89.9 Å². The van der Waals surface area contributed by atoms with Crippen molar-refractivity contribution in [2.24, 2.45) is 0 Å². The molecule has 0 bridgehead atoms. The van der Waals surface area contributed by atoms with Crippen molar-refractivity contribution >= 4 is 15.9 Å². The molecule has 2 atom stereocenters. The van der Waals surface area contributed by atoms with Crippen LogP contribution in [0.4, 0.5) is 4.79 Å². The van der Waals surface area contributed by atoms with Gasteiger partial charge in [-0.2, -0.15) is 0 Å². The van der Waals surface area contributed by atoms with Crippen LogP contribution in [-0.2, 0) is 22.8 Å². The molecule has 32 heavy (non-hydrogen) atoms. The van der Waals surface area contributed by atoms with E-state index < -0.39 is 21.2 Å². The minimum atomic E-state index is -3.33. The molecule has 0 radical (unpaired) electrons. The highest BCUT2D eigenvalue weighted by Gasteiger charge is 2.33. The number of hydrogen-bond acceptors (Lipinski definition) is 5. The van der Waals surface area contributed by atoms with E-state index in [1.54, 1.807) is 17.0 Å². The number of fused-ring (bicyclic) bond motifs is 1. The molecule has 2 aliphatic heterocycles. The largest absolute Gasteiger partial charge is 0.390 e. The molecule has 1 unspecified atom stereocenters. The Balaban J connectivity index is 1.31. The molecule has 4 rings (SSSR count). The van der Waals surface area contributed by atoms with Crippen molar-refractivity contribution in [3.05, 3.63) is 71.3 Å². The average molecular weight is 458 g/mol. The first kappa shape index (κ1) is 22.8. The highest BCUT2D eigenvalue weighted by molar-refractivity contribution is 7.91. The molecule has 0 saturated carbocycles. The maximum Gasteiger partial charge on any atom is 0.317 e. The van der Waals surface area contributed by atoms with Crippen LogP contribution in [-0.4, -0.2) is 73.9 Å². The van der Waals surface area contributed by atoms with Gasteiger partial charge in [-0.25, -0.2) is 13.2 Å². The lowest BCUT2D eigenvalue weighted by atomic mass is 10.00. The van der Waals surface area contributed by atoms with Crippen LogP contribution in [0.5, 0.6) is 0 Å². The van der Waals surface area contributed by atoms with Crippen molar-refractivity contribution in [1.29, 1.82) is 0 Å². The summed E-state index contributed by atoms with van der Waals surface area (Å²) < 4.78 is 25.5. The molecule has 1 saturated heterocycles. The molecule has 0 aliphatic carbocycles. The molecule has 172 valence electrons. The van der Waals surface area contributed by atoms with Crippen LogP contribution in [0.3, 0.4) is 0 Å². The van der Waals surface area contributed by atoms with Gasteiger partial charge >= 0.3 is 6.03 Å². The van der Waals surface area contributed by atoms with Crippen LogP contribution < -0.4 is 5.32 Å². The van der Waals surface area contributed by atoms with Crippen LogP contribution in [0.15, 0.2) is 54.6 Å². The zero-order valence-corrected chi connectivity index (χ0v) is 19.0. The van der Waals surface area contributed by atoms with Gasteiger partial charge in [0.2, 0.25) is 0 Å². The van der Waals surface area contributed by atoms with Crippen molar-refractivity contribution < 1.29 is 18.3 Å².